The third-order valence-corrected chi connectivity index (χ3v) is 9.14. The molecule has 0 unspecified atom stereocenters. The van der Waals surface area contributed by atoms with Crippen LogP contribution < -0.4 is 14.2 Å². The number of aromatic amines is 2. The van der Waals surface area contributed by atoms with Gasteiger partial charge in [-0.05, 0) is 78.6 Å². The van der Waals surface area contributed by atoms with E-state index in [1.54, 1.807) is 21.3 Å². The Morgan fingerprint density at radius 1 is 0.778 bits per heavy atom. The molecule has 0 saturated heterocycles. The van der Waals surface area contributed by atoms with Crippen LogP contribution in [0.15, 0.2) is 64.6 Å². The number of H-pyrrole nitrogens is 2. The first kappa shape index (κ1) is 28.7. The predicted molar refractivity (Wildman–Crippen MR) is 176 cm³/mol. The smallest absolute Gasteiger partial charge is 0.307 e. The fourth-order valence-electron chi connectivity index (χ4n) is 6.93. The van der Waals surface area contributed by atoms with Crippen LogP contribution in [0.4, 0.5) is 0 Å². The second-order valence-corrected chi connectivity index (χ2v) is 11.7. The van der Waals surface area contributed by atoms with Crippen molar-refractivity contribution in [3.05, 3.63) is 88.2 Å². The molecular weight excluding hydrogens is 568 g/mol. The summed E-state index contributed by atoms with van der Waals surface area (Å²) in [6.45, 7) is 1.45. The molecule has 9 nitrogen and oxygen atoms in total. The van der Waals surface area contributed by atoms with E-state index in [1.807, 2.05) is 42.5 Å². The average Bonchev–Trinajstić information content (AvgIpc) is 3.63. The molecule has 45 heavy (non-hydrogen) atoms. The number of fused-ring (bicyclic) bond motifs is 6. The van der Waals surface area contributed by atoms with Crippen LogP contribution in [0.3, 0.4) is 0 Å². The summed E-state index contributed by atoms with van der Waals surface area (Å²) in [6, 6.07) is 18.2. The molecule has 2 aromatic heterocycles. The maximum absolute atomic E-state index is 11.5. The lowest BCUT2D eigenvalue weighted by atomic mass is 9.84. The van der Waals surface area contributed by atoms with Crippen LogP contribution in [0.5, 0.6) is 17.2 Å². The molecule has 4 heterocycles. The lowest BCUT2D eigenvalue weighted by molar-refractivity contribution is -0.136. The van der Waals surface area contributed by atoms with Crippen LogP contribution in [0.2, 0.25) is 0 Å². The van der Waals surface area contributed by atoms with Gasteiger partial charge in [-0.3, -0.25) is 14.8 Å². The van der Waals surface area contributed by atoms with E-state index < -0.39 is 5.97 Å². The van der Waals surface area contributed by atoms with Crippen LogP contribution in [-0.2, 0) is 24.1 Å². The van der Waals surface area contributed by atoms with Crippen molar-refractivity contribution in [2.45, 2.75) is 38.0 Å². The standard InChI is InChI=1S/C36H36N4O5/c1-43-23-6-8-25-27-10-12-37-31(35(27)39-29(25)18-23)14-22(20-4-5-21(17-34(41)42)33(16-20)45-3)15-32-36-28(11-13-38-32)26-9-7-24(44-2)19-30(26)40-36/h4-9,16,18-19,22,39-40H,10-15,17H2,1-3H3,(H,41,42). The van der Waals surface area contributed by atoms with Crippen molar-refractivity contribution in [3.63, 3.8) is 0 Å². The maximum Gasteiger partial charge on any atom is 0.307 e. The van der Waals surface area contributed by atoms with Crippen LogP contribution >= 0.6 is 0 Å². The third-order valence-electron chi connectivity index (χ3n) is 9.14. The molecule has 3 aromatic carbocycles. The van der Waals surface area contributed by atoms with Gasteiger partial charge in [0.25, 0.3) is 0 Å². The lowest BCUT2D eigenvalue weighted by Gasteiger charge is -2.24. The van der Waals surface area contributed by atoms with Crippen LogP contribution in [0.25, 0.3) is 21.8 Å². The number of carboxylic acid groups (broad SMARTS) is 1. The summed E-state index contributed by atoms with van der Waals surface area (Å²) in [4.78, 5) is 28.9. The number of aliphatic carboxylic acids is 1. The Labute approximate surface area is 261 Å². The number of carboxylic acids is 1. The molecule has 0 fully saturated rings. The highest BCUT2D eigenvalue weighted by Crippen LogP contribution is 2.37. The predicted octanol–water partition coefficient (Wildman–Crippen LogP) is 6.26. The van der Waals surface area contributed by atoms with Gasteiger partial charge in [0.15, 0.2) is 0 Å². The molecular formula is C36H36N4O5. The molecule has 0 spiro atoms. The van der Waals surface area contributed by atoms with Gasteiger partial charge in [-0.1, -0.05) is 12.1 Å². The second-order valence-electron chi connectivity index (χ2n) is 11.7. The summed E-state index contributed by atoms with van der Waals surface area (Å²) >= 11 is 0. The third kappa shape index (κ3) is 5.32. The number of nitrogens with one attached hydrogen (secondary N) is 2. The summed E-state index contributed by atoms with van der Waals surface area (Å²) < 4.78 is 16.7. The summed E-state index contributed by atoms with van der Waals surface area (Å²) in [6.07, 6.45) is 3.02. The SMILES string of the molecule is COc1ccc2c3c([nH]c2c1)C(CC(CC1=NCCc2c1[nH]c1cc(OC)ccc21)c1ccc(CC(=O)O)c(OC)c1)=NCC3. The molecule has 2 aliphatic rings. The van der Waals surface area contributed by atoms with Crippen molar-refractivity contribution in [1.82, 2.24) is 9.97 Å². The molecule has 9 heteroatoms. The molecule has 0 amide bonds. The number of hydrogen-bond acceptors (Lipinski definition) is 6. The number of benzene rings is 3. The Morgan fingerprint density at radius 3 is 1.82 bits per heavy atom. The van der Waals surface area contributed by atoms with Gasteiger partial charge in [-0.2, -0.15) is 0 Å². The molecule has 0 radical (unpaired) electrons. The number of nitrogens with zero attached hydrogens (tertiary/aromatic N) is 2. The van der Waals surface area contributed by atoms with E-state index in [2.05, 4.69) is 22.1 Å². The number of carbonyl (C=O) groups is 1. The summed E-state index contributed by atoms with van der Waals surface area (Å²) in [5.74, 6) is 1.32. The van der Waals surface area contributed by atoms with Gasteiger partial charge < -0.3 is 29.3 Å². The number of rotatable bonds is 10. The van der Waals surface area contributed by atoms with E-state index in [-0.39, 0.29) is 12.3 Å². The van der Waals surface area contributed by atoms with Crippen molar-refractivity contribution in [2.75, 3.05) is 34.4 Å². The van der Waals surface area contributed by atoms with E-state index in [4.69, 9.17) is 24.2 Å². The lowest BCUT2D eigenvalue weighted by Crippen LogP contribution is -2.20. The first-order valence-electron chi connectivity index (χ1n) is 15.3. The number of aliphatic imine (C=N–C) groups is 2. The van der Waals surface area contributed by atoms with Gasteiger partial charge in [-0.15, -0.1) is 0 Å². The topological polar surface area (TPSA) is 121 Å². The quantitative estimate of drug-likeness (QED) is 0.174. The number of methoxy groups -OCH3 is 3. The van der Waals surface area contributed by atoms with Crippen LogP contribution in [-0.4, -0.2) is 66.9 Å². The Morgan fingerprint density at radius 2 is 1.33 bits per heavy atom. The zero-order valence-electron chi connectivity index (χ0n) is 25.7. The van der Waals surface area contributed by atoms with Gasteiger partial charge in [0.05, 0.1) is 50.6 Å². The highest BCUT2D eigenvalue weighted by atomic mass is 16.5. The molecule has 3 N–H and O–H groups in total. The second kappa shape index (κ2) is 11.8. The Hall–Kier alpha value is -5.05. The molecule has 230 valence electrons. The van der Waals surface area contributed by atoms with Gasteiger partial charge in [0, 0.05) is 52.6 Å². The largest absolute Gasteiger partial charge is 0.497 e. The highest BCUT2D eigenvalue weighted by Gasteiger charge is 2.28. The minimum Gasteiger partial charge on any atom is -0.497 e. The number of ether oxygens (including phenoxy) is 3. The fourth-order valence-corrected chi connectivity index (χ4v) is 6.93. The van der Waals surface area contributed by atoms with E-state index in [9.17, 15) is 9.90 Å². The molecule has 0 atom stereocenters. The van der Waals surface area contributed by atoms with Crippen molar-refractivity contribution >= 4 is 39.2 Å². The van der Waals surface area contributed by atoms with Crippen LogP contribution in [0.1, 0.15) is 52.4 Å². The first-order valence-corrected chi connectivity index (χ1v) is 15.3. The highest BCUT2D eigenvalue weighted by molar-refractivity contribution is 6.09. The molecule has 2 aliphatic heterocycles. The summed E-state index contributed by atoms with van der Waals surface area (Å²) in [5, 5.41) is 11.9. The van der Waals surface area contributed by atoms with E-state index in [0.29, 0.717) is 24.2 Å². The van der Waals surface area contributed by atoms with Gasteiger partial charge in [0.2, 0.25) is 0 Å². The minimum atomic E-state index is -0.892. The monoisotopic (exact) mass is 604 g/mol. The van der Waals surface area contributed by atoms with Crippen molar-refractivity contribution in [3.8, 4) is 17.2 Å². The van der Waals surface area contributed by atoms with Crippen molar-refractivity contribution < 1.29 is 24.1 Å². The van der Waals surface area contributed by atoms with E-state index in [0.717, 1.165) is 76.8 Å². The van der Waals surface area contributed by atoms with Crippen molar-refractivity contribution in [1.29, 1.82) is 0 Å². The van der Waals surface area contributed by atoms with Gasteiger partial charge in [0.1, 0.15) is 17.2 Å². The Balaban J connectivity index is 1.28. The number of aromatic nitrogens is 2. The first-order chi connectivity index (χ1) is 21.9. The summed E-state index contributed by atoms with van der Waals surface area (Å²) in [5.41, 5.74) is 10.6. The van der Waals surface area contributed by atoms with E-state index in [1.165, 1.54) is 21.9 Å². The average molecular weight is 605 g/mol. The zero-order valence-corrected chi connectivity index (χ0v) is 25.7. The van der Waals surface area contributed by atoms with Crippen LogP contribution in [0, 0.1) is 0 Å². The summed E-state index contributed by atoms with van der Waals surface area (Å²) in [7, 11) is 4.95. The Kier molecular flexibility index (Phi) is 7.53. The van der Waals surface area contributed by atoms with Crippen molar-refractivity contribution in [2.24, 2.45) is 9.98 Å². The van der Waals surface area contributed by atoms with Gasteiger partial charge in [-0.25, -0.2) is 0 Å². The molecule has 0 bridgehead atoms. The zero-order chi connectivity index (χ0) is 31.1. The Bertz CT molecular complexity index is 1890. The van der Waals surface area contributed by atoms with E-state index >= 15 is 0 Å². The molecule has 0 saturated carbocycles. The molecule has 7 rings (SSSR count). The fraction of sp³-hybridized carbons (Fsp3) is 0.306. The maximum atomic E-state index is 11.5. The minimum absolute atomic E-state index is 0.00840. The molecule has 5 aromatic rings. The molecule has 0 aliphatic carbocycles. The van der Waals surface area contributed by atoms with Gasteiger partial charge >= 0.3 is 5.97 Å². The normalized spacial score (nSPS) is 14.2. The number of hydrogen-bond donors (Lipinski definition) is 3.